The Morgan fingerprint density at radius 1 is 1.12 bits per heavy atom. The number of aliphatic hydroxyl groups is 1. The lowest BCUT2D eigenvalue weighted by Gasteiger charge is -2.44. The minimum absolute atomic E-state index is 0.115. The Labute approximate surface area is 148 Å². The van der Waals surface area contributed by atoms with Crippen LogP contribution in [0.5, 0.6) is 0 Å². The number of hydrogen-bond acceptors (Lipinski definition) is 3. The first kappa shape index (κ1) is 17.0. The monoisotopic (exact) mass is 346 g/mol. The summed E-state index contributed by atoms with van der Waals surface area (Å²) in [7, 11) is 0. The van der Waals surface area contributed by atoms with E-state index in [-0.39, 0.29) is 17.6 Å². The highest BCUT2D eigenvalue weighted by Crippen LogP contribution is 2.47. The number of rotatable bonds is 4. The second-order valence-electron chi connectivity index (χ2n) is 7.96. The SMILES string of the molecule is O=C(C1CC(O)(c2ccc(CN3CCCC3)c(F)c2)C1)N1CCCC1. The van der Waals surface area contributed by atoms with E-state index in [1.165, 1.54) is 18.9 Å². The van der Waals surface area contributed by atoms with Gasteiger partial charge >= 0.3 is 0 Å². The van der Waals surface area contributed by atoms with E-state index in [4.69, 9.17) is 0 Å². The maximum atomic E-state index is 14.5. The predicted octanol–water partition coefficient (Wildman–Crippen LogP) is 2.64. The zero-order chi connectivity index (χ0) is 17.4. The molecule has 3 aliphatic rings. The third kappa shape index (κ3) is 3.32. The number of amides is 1. The van der Waals surface area contributed by atoms with Crippen LogP contribution in [0.1, 0.15) is 49.7 Å². The van der Waals surface area contributed by atoms with E-state index in [2.05, 4.69) is 4.90 Å². The molecule has 5 heteroatoms. The maximum Gasteiger partial charge on any atom is 0.225 e. The Hall–Kier alpha value is -1.46. The summed E-state index contributed by atoms with van der Waals surface area (Å²) in [5.74, 6) is -0.198. The number of carbonyl (C=O) groups excluding carboxylic acids is 1. The fourth-order valence-corrected chi connectivity index (χ4v) is 4.51. The Bertz CT molecular complexity index is 645. The van der Waals surface area contributed by atoms with Gasteiger partial charge in [0.1, 0.15) is 5.82 Å². The lowest BCUT2D eigenvalue weighted by Crippen LogP contribution is -2.48. The zero-order valence-corrected chi connectivity index (χ0v) is 14.7. The molecule has 1 amide bonds. The number of nitrogens with zero attached hydrogens (tertiary/aromatic N) is 2. The number of hydrogen-bond donors (Lipinski definition) is 1. The molecule has 1 aromatic rings. The second kappa shape index (κ2) is 6.69. The van der Waals surface area contributed by atoms with Crippen LogP contribution >= 0.6 is 0 Å². The van der Waals surface area contributed by atoms with E-state index in [1.54, 1.807) is 6.07 Å². The molecule has 0 aromatic heterocycles. The van der Waals surface area contributed by atoms with Crippen molar-refractivity contribution in [3.63, 3.8) is 0 Å². The van der Waals surface area contributed by atoms with Crippen LogP contribution in [0.25, 0.3) is 0 Å². The number of likely N-dealkylation sites (tertiary alicyclic amines) is 2. The summed E-state index contributed by atoms with van der Waals surface area (Å²) in [6, 6.07) is 5.11. The first-order valence-electron chi connectivity index (χ1n) is 9.58. The largest absolute Gasteiger partial charge is 0.385 e. The van der Waals surface area contributed by atoms with Gasteiger partial charge in [0.05, 0.1) is 5.60 Å². The van der Waals surface area contributed by atoms with Crippen LogP contribution in [0.2, 0.25) is 0 Å². The minimum atomic E-state index is -1.05. The van der Waals surface area contributed by atoms with Gasteiger partial charge in [-0.05, 0) is 63.2 Å². The molecule has 4 rings (SSSR count). The van der Waals surface area contributed by atoms with Crippen molar-refractivity contribution in [1.29, 1.82) is 0 Å². The molecule has 3 fully saturated rings. The van der Waals surface area contributed by atoms with Crippen LogP contribution < -0.4 is 0 Å². The maximum absolute atomic E-state index is 14.5. The molecular weight excluding hydrogens is 319 g/mol. The Kier molecular flexibility index (Phi) is 4.54. The van der Waals surface area contributed by atoms with Crippen LogP contribution in [0.3, 0.4) is 0 Å². The van der Waals surface area contributed by atoms with Crippen molar-refractivity contribution in [2.24, 2.45) is 5.92 Å². The molecule has 2 saturated heterocycles. The normalized spacial score (nSPS) is 29.8. The molecule has 1 aromatic carbocycles. The number of benzene rings is 1. The van der Waals surface area contributed by atoms with E-state index < -0.39 is 5.60 Å². The van der Waals surface area contributed by atoms with Gasteiger partial charge < -0.3 is 10.0 Å². The summed E-state index contributed by atoms with van der Waals surface area (Å²) < 4.78 is 14.5. The Morgan fingerprint density at radius 2 is 1.76 bits per heavy atom. The van der Waals surface area contributed by atoms with E-state index in [9.17, 15) is 14.3 Å². The predicted molar refractivity (Wildman–Crippen MR) is 93.3 cm³/mol. The van der Waals surface area contributed by atoms with Gasteiger partial charge in [0, 0.05) is 31.1 Å². The van der Waals surface area contributed by atoms with E-state index in [0.29, 0.717) is 30.5 Å². The quantitative estimate of drug-likeness (QED) is 0.911. The van der Waals surface area contributed by atoms with Crippen LogP contribution in [0.4, 0.5) is 4.39 Å². The fourth-order valence-electron chi connectivity index (χ4n) is 4.51. The average Bonchev–Trinajstić information content (AvgIpc) is 3.26. The summed E-state index contributed by atoms with van der Waals surface area (Å²) in [6.45, 7) is 4.39. The molecule has 136 valence electrons. The molecule has 2 heterocycles. The van der Waals surface area contributed by atoms with Crippen molar-refractivity contribution in [3.05, 3.63) is 35.1 Å². The molecule has 25 heavy (non-hydrogen) atoms. The molecule has 1 N–H and O–H groups in total. The van der Waals surface area contributed by atoms with Gasteiger partial charge in [0.2, 0.25) is 5.91 Å². The van der Waals surface area contributed by atoms with Crippen LogP contribution in [0.15, 0.2) is 18.2 Å². The summed E-state index contributed by atoms with van der Waals surface area (Å²) >= 11 is 0. The van der Waals surface area contributed by atoms with Gasteiger partial charge in [-0.1, -0.05) is 12.1 Å². The fraction of sp³-hybridized carbons (Fsp3) is 0.650. The molecule has 0 unspecified atom stereocenters. The van der Waals surface area contributed by atoms with Crippen molar-refractivity contribution in [2.45, 2.75) is 50.7 Å². The highest BCUT2D eigenvalue weighted by Gasteiger charge is 2.48. The summed E-state index contributed by atoms with van der Waals surface area (Å²) in [4.78, 5) is 16.6. The van der Waals surface area contributed by atoms with Gasteiger partial charge in [-0.25, -0.2) is 4.39 Å². The van der Waals surface area contributed by atoms with Crippen LogP contribution in [0, 0.1) is 11.7 Å². The van der Waals surface area contributed by atoms with Crippen molar-refractivity contribution >= 4 is 5.91 Å². The van der Waals surface area contributed by atoms with Crippen molar-refractivity contribution in [3.8, 4) is 0 Å². The second-order valence-corrected chi connectivity index (χ2v) is 7.96. The summed E-state index contributed by atoms with van der Waals surface area (Å²) in [5.41, 5.74) is 0.256. The Balaban J connectivity index is 1.40. The Morgan fingerprint density at radius 3 is 2.40 bits per heavy atom. The highest BCUT2D eigenvalue weighted by molar-refractivity contribution is 5.80. The van der Waals surface area contributed by atoms with E-state index in [1.807, 2.05) is 11.0 Å². The lowest BCUT2D eigenvalue weighted by atomic mass is 9.66. The molecule has 0 spiro atoms. The number of carbonyl (C=O) groups is 1. The van der Waals surface area contributed by atoms with Crippen molar-refractivity contribution in [1.82, 2.24) is 9.80 Å². The molecular formula is C20H27FN2O2. The average molecular weight is 346 g/mol. The lowest BCUT2D eigenvalue weighted by molar-refractivity contribution is -0.152. The van der Waals surface area contributed by atoms with Gasteiger partial charge in [0.25, 0.3) is 0 Å². The summed E-state index contributed by atoms with van der Waals surface area (Å²) in [5, 5.41) is 10.8. The number of halogens is 1. The first-order valence-corrected chi connectivity index (χ1v) is 9.58. The highest BCUT2D eigenvalue weighted by atomic mass is 19.1. The van der Waals surface area contributed by atoms with Crippen LogP contribution in [-0.4, -0.2) is 47.0 Å². The standard InChI is InChI=1S/C20H27FN2O2/c21-18-11-17(6-5-15(18)14-22-7-1-2-8-22)20(25)12-16(13-20)19(24)23-9-3-4-10-23/h5-6,11,16,25H,1-4,7-10,12-14H2. The van der Waals surface area contributed by atoms with Crippen LogP contribution in [-0.2, 0) is 16.9 Å². The van der Waals surface area contributed by atoms with Crippen molar-refractivity contribution in [2.75, 3.05) is 26.2 Å². The molecule has 0 radical (unpaired) electrons. The molecule has 0 bridgehead atoms. The third-order valence-electron chi connectivity index (χ3n) is 6.12. The zero-order valence-electron chi connectivity index (χ0n) is 14.7. The minimum Gasteiger partial charge on any atom is -0.385 e. The van der Waals surface area contributed by atoms with Crippen molar-refractivity contribution < 1.29 is 14.3 Å². The first-order chi connectivity index (χ1) is 12.0. The van der Waals surface area contributed by atoms with Gasteiger partial charge in [-0.3, -0.25) is 9.69 Å². The van der Waals surface area contributed by atoms with Gasteiger partial charge in [0.15, 0.2) is 0 Å². The van der Waals surface area contributed by atoms with E-state index >= 15 is 0 Å². The molecule has 2 aliphatic heterocycles. The molecule has 1 saturated carbocycles. The molecule has 1 aliphatic carbocycles. The third-order valence-corrected chi connectivity index (χ3v) is 6.12. The smallest absolute Gasteiger partial charge is 0.225 e. The molecule has 0 atom stereocenters. The van der Waals surface area contributed by atoms with Gasteiger partial charge in [-0.2, -0.15) is 0 Å². The molecule has 4 nitrogen and oxygen atoms in total. The topological polar surface area (TPSA) is 43.8 Å². The summed E-state index contributed by atoms with van der Waals surface area (Å²) in [6.07, 6.45) is 5.34. The van der Waals surface area contributed by atoms with E-state index in [0.717, 1.165) is 39.0 Å². The van der Waals surface area contributed by atoms with Gasteiger partial charge in [-0.15, -0.1) is 0 Å².